The lowest BCUT2D eigenvalue weighted by molar-refractivity contribution is -0.112. The van der Waals surface area contributed by atoms with Crippen LogP contribution in [0.3, 0.4) is 0 Å². The molecule has 0 bridgehead atoms. The Balaban J connectivity index is 2.41. The number of hydrogen-bond donors (Lipinski definition) is 3. The van der Waals surface area contributed by atoms with Crippen molar-refractivity contribution in [3.63, 3.8) is 0 Å². The molecule has 0 saturated heterocycles. The second-order valence-corrected chi connectivity index (χ2v) is 3.79. The van der Waals surface area contributed by atoms with Crippen molar-refractivity contribution < 1.29 is 4.79 Å². The molecule has 1 aromatic carbocycles. The first kappa shape index (κ1) is 9.95. The number of nitrogen functional groups attached to an aromatic ring is 1. The zero-order chi connectivity index (χ0) is 11.1. The Bertz CT molecular complexity index is 402. The highest BCUT2D eigenvalue weighted by Gasteiger charge is 2.32. The summed E-state index contributed by atoms with van der Waals surface area (Å²) in [4.78, 5) is 12.5. The fourth-order valence-corrected chi connectivity index (χ4v) is 1.89. The van der Waals surface area contributed by atoms with Crippen molar-refractivity contribution in [3.05, 3.63) is 23.8 Å². The molecular formula is C10H14N4O. The summed E-state index contributed by atoms with van der Waals surface area (Å²) in [6.45, 7) is 0.643. The van der Waals surface area contributed by atoms with Crippen molar-refractivity contribution in [2.75, 3.05) is 17.2 Å². The number of nitrogens with two attached hydrogens (primary N) is 3. The average Bonchev–Trinajstić information content (AvgIpc) is 2.61. The third-order valence-electron chi connectivity index (χ3n) is 2.66. The molecular weight excluding hydrogens is 192 g/mol. The summed E-state index contributed by atoms with van der Waals surface area (Å²) in [7, 11) is 0. The maximum atomic E-state index is 10.8. The number of aldehydes is 1. The number of anilines is 2. The SMILES string of the molecule is Nc1ccc2c(c1)CCN2C(N)(N)C=O. The van der Waals surface area contributed by atoms with E-state index in [1.807, 2.05) is 12.1 Å². The smallest absolute Gasteiger partial charge is 0.199 e. The molecule has 0 spiro atoms. The Morgan fingerprint density at radius 2 is 2.13 bits per heavy atom. The number of rotatable bonds is 2. The first-order chi connectivity index (χ1) is 7.04. The summed E-state index contributed by atoms with van der Waals surface area (Å²) >= 11 is 0. The quantitative estimate of drug-likeness (QED) is 0.341. The maximum absolute atomic E-state index is 10.8. The first-order valence-electron chi connectivity index (χ1n) is 4.75. The number of carbonyl (C=O) groups excluding carboxylic acids is 1. The number of hydrogen-bond acceptors (Lipinski definition) is 5. The van der Waals surface area contributed by atoms with Gasteiger partial charge in [0.15, 0.2) is 12.1 Å². The monoisotopic (exact) mass is 206 g/mol. The van der Waals surface area contributed by atoms with Crippen LogP contribution in [0.15, 0.2) is 18.2 Å². The van der Waals surface area contributed by atoms with Gasteiger partial charge in [-0.25, -0.2) is 0 Å². The van der Waals surface area contributed by atoms with Gasteiger partial charge >= 0.3 is 0 Å². The fraction of sp³-hybridized carbons (Fsp3) is 0.300. The molecule has 0 unspecified atom stereocenters. The third kappa shape index (κ3) is 1.55. The molecule has 0 atom stereocenters. The van der Waals surface area contributed by atoms with Gasteiger partial charge in [-0.05, 0) is 30.2 Å². The van der Waals surface area contributed by atoms with Gasteiger partial charge in [0.2, 0.25) is 0 Å². The average molecular weight is 206 g/mol. The minimum atomic E-state index is -1.43. The highest BCUT2D eigenvalue weighted by molar-refractivity contribution is 5.74. The molecule has 0 amide bonds. The van der Waals surface area contributed by atoms with Crippen LogP contribution in [0, 0.1) is 0 Å². The van der Waals surface area contributed by atoms with E-state index >= 15 is 0 Å². The number of carbonyl (C=O) groups is 1. The molecule has 1 aliphatic heterocycles. The summed E-state index contributed by atoms with van der Waals surface area (Å²) in [5, 5.41) is 0. The van der Waals surface area contributed by atoms with E-state index in [9.17, 15) is 4.79 Å². The number of nitrogens with zero attached hydrogens (tertiary/aromatic N) is 1. The van der Waals surface area contributed by atoms with Gasteiger partial charge in [-0.15, -0.1) is 0 Å². The van der Waals surface area contributed by atoms with Crippen molar-refractivity contribution >= 4 is 17.7 Å². The summed E-state index contributed by atoms with van der Waals surface area (Å²) in [6, 6.07) is 5.50. The second kappa shape index (κ2) is 3.22. The van der Waals surface area contributed by atoms with Crippen molar-refractivity contribution in [1.29, 1.82) is 0 Å². The van der Waals surface area contributed by atoms with Gasteiger partial charge in [-0.3, -0.25) is 16.3 Å². The zero-order valence-electron chi connectivity index (χ0n) is 8.31. The fourth-order valence-electron chi connectivity index (χ4n) is 1.89. The first-order valence-corrected chi connectivity index (χ1v) is 4.75. The molecule has 0 radical (unpaired) electrons. The second-order valence-electron chi connectivity index (χ2n) is 3.79. The molecule has 0 aromatic heterocycles. The molecule has 6 N–H and O–H groups in total. The van der Waals surface area contributed by atoms with E-state index in [1.165, 1.54) is 0 Å². The summed E-state index contributed by atoms with van der Waals surface area (Å²) in [5.41, 5.74) is 19.7. The summed E-state index contributed by atoms with van der Waals surface area (Å²) < 4.78 is 0. The lowest BCUT2D eigenvalue weighted by Crippen LogP contribution is -2.64. The van der Waals surface area contributed by atoms with Crippen LogP contribution in [0.5, 0.6) is 0 Å². The van der Waals surface area contributed by atoms with Gasteiger partial charge in [-0.1, -0.05) is 0 Å². The maximum Gasteiger partial charge on any atom is 0.199 e. The molecule has 0 aliphatic carbocycles. The Morgan fingerprint density at radius 3 is 2.80 bits per heavy atom. The summed E-state index contributed by atoms with van der Waals surface area (Å²) in [5.74, 6) is -1.43. The van der Waals surface area contributed by atoms with Crippen molar-refractivity contribution in [3.8, 4) is 0 Å². The van der Waals surface area contributed by atoms with E-state index in [0.717, 1.165) is 17.7 Å². The van der Waals surface area contributed by atoms with Gasteiger partial charge in [0.05, 0.1) is 0 Å². The molecule has 5 nitrogen and oxygen atoms in total. The molecule has 5 heteroatoms. The third-order valence-corrected chi connectivity index (χ3v) is 2.66. The van der Waals surface area contributed by atoms with Crippen LogP contribution in [0.2, 0.25) is 0 Å². The van der Waals surface area contributed by atoms with Crippen molar-refractivity contribution in [1.82, 2.24) is 0 Å². The van der Waals surface area contributed by atoms with Crippen LogP contribution in [-0.4, -0.2) is 18.6 Å². The topological polar surface area (TPSA) is 98.4 Å². The molecule has 80 valence electrons. The number of fused-ring (bicyclic) bond motifs is 1. The van der Waals surface area contributed by atoms with E-state index in [4.69, 9.17) is 17.2 Å². The van der Waals surface area contributed by atoms with E-state index in [0.29, 0.717) is 18.5 Å². The normalized spacial score (nSPS) is 15.2. The standard InChI is InChI=1S/C10H14N4O/c11-8-1-2-9-7(5-8)3-4-14(9)10(12,13)6-15/h1-2,5-6H,3-4,11-13H2. The van der Waals surface area contributed by atoms with Crippen LogP contribution in [0.25, 0.3) is 0 Å². The largest absolute Gasteiger partial charge is 0.399 e. The Morgan fingerprint density at radius 1 is 1.40 bits per heavy atom. The van der Waals surface area contributed by atoms with Crippen molar-refractivity contribution in [2.45, 2.75) is 12.2 Å². The molecule has 0 fully saturated rings. The van der Waals surface area contributed by atoms with E-state index < -0.39 is 5.79 Å². The van der Waals surface area contributed by atoms with Crippen LogP contribution < -0.4 is 22.1 Å². The van der Waals surface area contributed by atoms with Gasteiger partial charge < -0.3 is 10.6 Å². The molecule has 1 heterocycles. The lowest BCUT2D eigenvalue weighted by atomic mass is 10.1. The highest BCUT2D eigenvalue weighted by atomic mass is 16.1. The Labute approximate surface area is 87.8 Å². The predicted octanol–water partition coefficient (Wildman–Crippen LogP) is -0.599. The molecule has 1 aromatic rings. The van der Waals surface area contributed by atoms with Crippen LogP contribution >= 0.6 is 0 Å². The minimum absolute atomic E-state index is 0.554. The van der Waals surface area contributed by atoms with Gasteiger partial charge in [0.1, 0.15) is 0 Å². The van der Waals surface area contributed by atoms with Crippen LogP contribution in [0.4, 0.5) is 11.4 Å². The van der Waals surface area contributed by atoms with Crippen LogP contribution in [0.1, 0.15) is 5.56 Å². The van der Waals surface area contributed by atoms with Gasteiger partial charge in [0, 0.05) is 17.9 Å². The molecule has 0 saturated carbocycles. The minimum Gasteiger partial charge on any atom is -0.399 e. The van der Waals surface area contributed by atoms with Crippen molar-refractivity contribution in [2.24, 2.45) is 11.5 Å². The predicted molar refractivity (Wildman–Crippen MR) is 59.1 cm³/mol. The lowest BCUT2D eigenvalue weighted by Gasteiger charge is -2.31. The molecule has 1 aliphatic rings. The van der Waals surface area contributed by atoms with Gasteiger partial charge in [-0.2, -0.15) is 0 Å². The van der Waals surface area contributed by atoms with E-state index in [2.05, 4.69) is 0 Å². The zero-order valence-corrected chi connectivity index (χ0v) is 8.31. The highest BCUT2D eigenvalue weighted by Crippen LogP contribution is 2.31. The van der Waals surface area contributed by atoms with Crippen LogP contribution in [-0.2, 0) is 11.2 Å². The molecule has 2 rings (SSSR count). The summed E-state index contributed by atoms with van der Waals surface area (Å²) in [6.07, 6.45) is 1.36. The Kier molecular flexibility index (Phi) is 2.13. The molecule has 15 heavy (non-hydrogen) atoms. The van der Waals surface area contributed by atoms with E-state index in [-0.39, 0.29) is 0 Å². The van der Waals surface area contributed by atoms with E-state index in [1.54, 1.807) is 11.0 Å². The Hall–Kier alpha value is -1.59. The number of benzene rings is 1. The van der Waals surface area contributed by atoms with Gasteiger partial charge in [0.25, 0.3) is 0 Å².